The average molecular weight is 665 g/mol. The third-order valence-corrected chi connectivity index (χ3v) is 9.89. The number of hydrogen-bond acceptors (Lipinski definition) is 4. The predicted octanol–water partition coefficient (Wildman–Crippen LogP) is 6.94. The minimum Gasteiger partial charge on any atom is -0.481 e. The number of oxazole rings is 1. The summed E-state index contributed by atoms with van der Waals surface area (Å²) in [5, 5.41) is 22.1. The van der Waals surface area contributed by atoms with Crippen molar-refractivity contribution in [1.29, 1.82) is 0 Å². The number of fused-ring (bicyclic) bond motifs is 2. The van der Waals surface area contributed by atoms with Gasteiger partial charge >= 0.3 is 0 Å². The molecule has 195 valence electrons. The molecule has 3 aromatic rings. The van der Waals surface area contributed by atoms with Gasteiger partial charge in [0.1, 0.15) is 11.5 Å². The van der Waals surface area contributed by atoms with Crippen LogP contribution in [0.25, 0.3) is 22.6 Å². The number of hydrogen-bond donors (Lipinski definition) is 2. The quantitative estimate of drug-likeness (QED) is 0.277. The van der Waals surface area contributed by atoms with Crippen LogP contribution in [-0.2, 0) is 20.1 Å². The van der Waals surface area contributed by atoms with Crippen molar-refractivity contribution >= 4 is 11.1 Å². The fourth-order valence-electron chi connectivity index (χ4n) is 8.09. The second kappa shape index (κ2) is 10.7. The Morgan fingerprint density at radius 2 is 1.47 bits per heavy atom. The van der Waals surface area contributed by atoms with E-state index in [0.29, 0.717) is 11.8 Å². The molecule has 1 radical (unpaired) electrons. The third kappa shape index (κ3) is 4.62. The average Bonchev–Trinajstić information content (AvgIpc) is 3.62. The van der Waals surface area contributed by atoms with Gasteiger partial charge in [0.25, 0.3) is 0 Å². The maximum Gasteiger partial charge on any atom is 0.141 e. The first kappa shape index (κ1) is 26.1. The Balaban J connectivity index is 0.000000150. The van der Waals surface area contributed by atoms with Gasteiger partial charge in [-0.15, -0.1) is 30.3 Å². The van der Waals surface area contributed by atoms with Crippen LogP contribution in [0.15, 0.2) is 52.9 Å². The van der Waals surface area contributed by atoms with Gasteiger partial charge in [-0.25, -0.2) is 0 Å². The van der Waals surface area contributed by atoms with Gasteiger partial charge in [0, 0.05) is 26.0 Å². The van der Waals surface area contributed by atoms with E-state index in [4.69, 9.17) is 4.42 Å². The summed E-state index contributed by atoms with van der Waals surface area (Å²) in [6, 6.07) is 18.5. The number of benzene rings is 2. The molecule has 4 saturated carbocycles. The molecular weight excluding hydrogens is 627 g/mol. The van der Waals surface area contributed by atoms with Crippen LogP contribution in [0.2, 0.25) is 0 Å². The fourth-order valence-corrected chi connectivity index (χ4v) is 8.09. The number of aliphatic hydroxyl groups is 2. The van der Waals surface area contributed by atoms with Crippen LogP contribution in [0.4, 0.5) is 0 Å². The zero-order chi connectivity index (χ0) is 23.9. The van der Waals surface area contributed by atoms with E-state index in [1.54, 1.807) is 0 Å². The standard InChI is InChI=1S/C18H30O2.C13H8NO.Ir/c19-15-14-13(6-11-17(15)7-2-1-3-8-17)12-18(16(14)20)9-4-5-10-18;1-2-6-10(7-3-1)13-14-11-8-4-5-9-12(11)15-13;/h13-16,19-20H,1-12H2;1-6,8-9H;/q;-1;. The van der Waals surface area contributed by atoms with Crippen LogP contribution in [0.5, 0.6) is 0 Å². The van der Waals surface area contributed by atoms with Crippen LogP contribution in [-0.4, -0.2) is 27.4 Å². The molecule has 36 heavy (non-hydrogen) atoms. The first-order valence-corrected chi connectivity index (χ1v) is 13.8. The molecule has 5 heteroatoms. The monoisotopic (exact) mass is 665 g/mol. The molecule has 4 aliphatic carbocycles. The van der Waals surface area contributed by atoms with Crippen LogP contribution in [0, 0.1) is 28.7 Å². The first-order valence-electron chi connectivity index (χ1n) is 13.8. The normalized spacial score (nSPS) is 29.9. The van der Waals surface area contributed by atoms with E-state index in [1.165, 1.54) is 77.0 Å². The molecule has 4 nitrogen and oxygen atoms in total. The molecule has 0 bridgehead atoms. The number of aromatic nitrogens is 1. The van der Waals surface area contributed by atoms with Crippen LogP contribution >= 0.6 is 0 Å². The molecular formula is C31H38IrNO3-. The molecule has 7 rings (SSSR count). The van der Waals surface area contributed by atoms with Crippen molar-refractivity contribution in [3.63, 3.8) is 0 Å². The summed E-state index contributed by atoms with van der Waals surface area (Å²) in [5.41, 5.74) is 2.93. The van der Waals surface area contributed by atoms with Gasteiger partial charge in [0.05, 0.1) is 17.7 Å². The van der Waals surface area contributed by atoms with Crippen molar-refractivity contribution in [2.45, 2.75) is 89.3 Å². The van der Waals surface area contributed by atoms with Gasteiger partial charge in [-0.3, -0.25) is 4.98 Å². The van der Waals surface area contributed by atoms with Gasteiger partial charge in [0.15, 0.2) is 0 Å². The number of para-hydroxylation sites is 2. The minimum absolute atomic E-state index is 0. The Kier molecular flexibility index (Phi) is 7.75. The Morgan fingerprint density at radius 1 is 0.806 bits per heavy atom. The topological polar surface area (TPSA) is 66.5 Å². The maximum absolute atomic E-state index is 11.1. The smallest absolute Gasteiger partial charge is 0.141 e. The van der Waals surface area contributed by atoms with Gasteiger partial charge in [-0.1, -0.05) is 49.8 Å². The summed E-state index contributed by atoms with van der Waals surface area (Å²) in [6.07, 6.45) is 14.6. The van der Waals surface area contributed by atoms with Crippen molar-refractivity contribution in [1.82, 2.24) is 4.98 Å². The Bertz CT molecular complexity index is 1100. The van der Waals surface area contributed by atoms with Gasteiger partial charge < -0.3 is 14.6 Å². The molecule has 1 aromatic heterocycles. The molecule has 0 aliphatic heterocycles. The Hall–Kier alpha value is -1.52. The summed E-state index contributed by atoms with van der Waals surface area (Å²) in [7, 11) is 0. The van der Waals surface area contributed by atoms with E-state index in [1.807, 2.05) is 48.5 Å². The van der Waals surface area contributed by atoms with Gasteiger partial charge in [0.2, 0.25) is 0 Å². The summed E-state index contributed by atoms with van der Waals surface area (Å²) in [4.78, 5) is 4.39. The first-order chi connectivity index (χ1) is 17.1. The molecule has 4 aliphatic rings. The van der Waals surface area contributed by atoms with Crippen LogP contribution in [0.1, 0.15) is 77.0 Å². The summed E-state index contributed by atoms with van der Waals surface area (Å²) >= 11 is 0. The van der Waals surface area contributed by atoms with Crippen molar-refractivity contribution in [2.75, 3.05) is 0 Å². The zero-order valence-electron chi connectivity index (χ0n) is 21.0. The van der Waals surface area contributed by atoms with Gasteiger partial charge in [-0.05, 0) is 73.8 Å². The summed E-state index contributed by atoms with van der Waals surface area (Å²) < 4.78 is 5.61. The van der Waals surface area contributed by atoms with E-state index in [-0.39, 0.29) is 49.1 Å². The van der Waals surface area contributed by atoms with E-state index in [2.05, 4.69) is 11.1 Å². The molecule has 1 heterocycles. The number of rotatable bonds is 1. The predicted molar refractivity (Wildman–Crippen MR) is 138 cm³/mol. The van der Waals surface area contributed by atoms with E-state index in [9.17, 15) is 10.2 Å². The van der Waals surface area contributed by atoms with E-state index >= 15 is 0 Å². The maximum atomic E-state index is 11.1. The molecule has 2 aromatic carbocycles. The van der Waals surface area contributed by atoms with Crippen molar-refractivity contribution in [2.24, 2.45) is 22.7 Å². The SMILES string of the molecule is OC1C2C(CCC13CCCCC3)CC1(CCCC1)C2O.[Ir].[c-]1ccccc1-c1nc2ccccc2o1. The third-order valence-electron chi connectivity index (χ3n) is 9.89. The molecule has 4 unspecified atom stereocenters. The summed E-state index contributed by atoms with van der Waals surface area (Å²) in [5.74, 6) is 1.42. The molecule has 2 N–H and O–H groups in total. The molecule has 0 saturated heterocycles. The number of nitrogens with zero attached hydrogens (tertiary/aromatic N) is 1. The minimum atomic E-state index is -0.225. The Morgan fingerprint density at radius 3 is 2.19 bits per heavy atom. The van der Waals surface area contributed by atoms with Crippen LogP contribution < -0.4 is 0 Å². The van der Waals surface area contributed by atoms with E-state index < -0.39 is 0 Å². The van der Waals surface area contributed by atoms with E-state index in [0.717, 1.165) is 16.7 Å². The molecule has 4 fully saturated rings. The van der Waals surface area contributed by atoms with Crippen LogP contribution in [0.3, 0.4) is 0 Å². The van der Waals surface area contributed by atoms with Crippen molar-refractivity contribution in [3.8, 4) is 11.5 Å². The number of aliphatic hydroxyl groups excluding tert-OH is 2. The second-order valence-corrected chi connectivity index (χ2v) is 11.7. The van der Waals surface area contributed by atoms with Crippen molar-refractivity contribution < 1.29 is 34.7 Å². The fraction of sp³-hybridized carbons (Fsp3) is 0.581. The summed E-state index contributed by atoms with van der Waals surface area (Å²) in [6.45, 7) is 0. The molecule has 4 atom stereocenters. The Labute approximate surface area is 228 Å². The van der Waals surface area contributed by atoms with Crippen molar-refractivity contribution in [3.05, 3.63) is 54.6 Å². The zero-order valence-corrected chi connectivity index (χ0v) is 23.4. The largest absolute Gasteiger partial charge is 0.481 e. The van der Waals surface area contributed by atoms with Gasteiger partial charge in [-0.2, -0.15) is 0 Å². The molecule has 2 spiro atoms. The molecule has 0 amide bonds. The second-order valence-electron chi connectivity index (χ2n) is 11.7.